The van der Waals surface area contributed by atoms with Crippen molar-refractivity contribution >= 4 is 5.96 Å². The lowest BCUT2D eigenvalue weighted by Gasteiger charge is -2.33. The lowest BCUT2D eigenvalue weighted by Crippen LogP contribution is -2.41. The first-order valence-electron chi connectivity index (χ1n) is 8.04. The van der Waals surface area contributed by atoms with Crippen LogP contribution in [0.25, 0.3) is 0 Å². The normalized spacial score (nSPS) is 22.9. The third-order valence-electron chi connectivity index (χ3n) is 4.64. The molecule has 0 atom stereocenters. The molecular formula is C15H26F3N3. The molecule has 0 aromatic carbocycles. The molecule has 1 aliphatic heterocycles. The van der Waals surface area contributed by atoms with E-state index in [1.807, 2.05) is 6.92 Å². The molecule has 6 heteroatoms. The number of nitrogens with zero attached hydrogens (tertiary/aromatic N) is 2. The zero-order chi connectivity index (χ0) is 15.3. The van der Waals surface area contributed by atoms with E-state index < -0.39 is 12.6 Å². The highest BCUT2D eigenvalue weighted by Gasteiger charge is 2.39. The summed E-state index contributed by atoms with van der Waals surface area (Å²) in [5.41, 5.74) is 0.387. The van der Waals surface area contributed by atoms with Crippen LogP contribution in [0.5, 0.6) is 0 Å². The van der Waals surface area contributed by atoms with Crippen LogP contribution in [0.4, 0.5) is 13.2 Å². The van der Waals surface area contributed by atoms with E-state index in [9.17, 15) is 13.2 Å². The molecule has 1 N–H and O–H groups in total. The van der Waals surface area contributed by atoms with Crippen LogP contribution in [-0.2, 0) is 0 Å². The van der Waals surface area contributed by atoms with E-state index in [1.54, 1.807) is 0 Å². The molecule has 0 bridgehead atoms. The number of halogens is 3. The van der Waals surface area contributed by atoms with Gasteiger partial charge in [0.05, 0.1) is 13.0 Å². The molecule has 1 aliphatic carbocycles. The minimum atomic E-state index is -4.13. The number of hydrogen-bond donors (Lipinski definition) is 1. The Labute approximate surface area is 125 Å². The number of hydrogen-bond acceptors (Lipinski definition) is 1. The van der Waals surface area contributed by atoms with Crippen LogP contribution in [-0.4, -0.2) is 43.2 Å². The van der Waals surface area contributed by atoms with E-state index in [4.69, 9.17) is 0 Å². The van der Waals surface area contributed by atoms with Gasteiger partial charge in [-0.2, -0.15) is 13.2 Å². The van der Waals surface area contributed by atoms with Gasteiger partial charge in [0.2, 0.25) is 0 Å². The van der Waals surface area contributed by atoms with E-state index in [0.717, 1.165) is 19.5 Å². The highest BCUT2D eigenvalue weighted by Crippen LogP contribution is 2.43. The van der Waals surface area contributed by atoms with Crippen LogP contribution in [0.15, 0.2) is 4.99 Å². The monoisotopic (exact) mass is 305 g/mol. The van der Waals surface area contributed by atoms with Gasteiger partial charge in [0.15, 0.2) is 5.96 Å². The lowest BCUT2D eigenvalue weighted by atomic mass is 9.73. The molecule has 0 radical (unpaired) electrons. The van der Waals surface area contributed by atoms with Crippen LogP contribution in [0.1, 0.15) is 51.9 Å². The molecule has 1 heterocycles. The van der Waals surface area contributed by atoms with Crippen LogP contribution in [0.3, 0.4) is 0 Å². The Kier molecular flexibility index (Phi) is 5.38. The Morgan fingerprint density at radius 2 is 1.90 bits per heavy atom. The predicted molar refractivity (Wildman–Crippen MR) is 78.4 cm³/mol. The van der Waals surface area contributed by atoms with Gasteiger partial charge in [-0.3, -0.25) is 4.99 Å². The molecule has 0 aromatic heterocycles. The highest BCUT2D eigenvalue weighted by atomic mass is 19.4. The second kappa shape index (κ2) is 6.88. The zero-order valence-corrected chi connectivity index (χ0v) is 12.8. The van der Waals surface area contributed by atoms with E-state index in [-0.39, 0.29) is 6.54 Å². The fraction of sp³-hybridized carbons (Fsp3) is 0.933. The Bertz CT molecular complexity index is 360. The fourth-order valence-electron chi connectivity index (χ4n) is 3.54. The molecule has 1 saturated heterocycles. The van der Waals surface area contributed by atoms with Gasteiger partial charge < -0.3 is 10.2 Å². The first-order valence-corrected chi connectivity index (χ1v) is 8.04. The van der Waals surface area contributed by atoms with E-state index in [1.165, 1.54) is 32.1 Å². The maximum absolute atomic E-state index is 12.3. The van der Waals surface area contributed by atoms with E-state index in [2.05, 4.69) is 15.2 Å². The highest BCUT2D eigenvalue weighted by molar-refractivity contribution is 5.80. The molecule has 1 saturated carbocycles. The van der Waals surface area contributed by atoms with Crippen molar-refractivity contribution in [3.05, 3.63) is 0 Å². The van der Waals surface area contributed by atoms with Crippen LogP contribution >= 0.6 is 0 Å². The molecule has 0 amide bonds. The minimum absolute atomic E-state index is 0.185. The predicted octanol–water partition coefficient (Wildman–Crippen LogP) is 3.56. The van der Waals surface area contributed by atoms with E-state index >= 15 is 0 Å². The topological polar surface area (TPSA) is 27.6 Å². The molecular weight excluding hydrogens is 279 g/mol. The molecule has 0 aromatic rings. The second-order valence-corrected chi connectivity index (χ2v) is 6.33. The average Bonchev–Trinajstić information content (AvgIpc) is 2.81. The van der Waals surface area contributed by atoms with Gasteiger partial charge in [-0.25, -0.2) is 0 Å². The molecule has 2 fully saturated rings. The molecule has 2 aliphatic rings. The molecule has 3 nitrogen and oxygen atoms in total. The maximum Gasteiger partial charge on any atom is 0.390 e. The summed E-state index contributed by atoms with van der Waals surface area (Å²) in [4.78, 5) is 6.33. The van der Waals surface area contributed by atoms with Crippen molar-refractivity contribution in [1.29, 1.82) is 0 Å². The Morgan fingerprint density at radius 1 is 1.19 bits per heavy atom. The summed E-state index contributed by atoms with van der Waals surface area (Å²) in [6.45, 7) is 4.32. The van der Waals surface area contributed by atoms with Crippen LogP contribution < -0.4 is 5.32 Å². The van der Waals surface area contributed by atoms with Crippen LogP contribution in [0.2, 0.25) is 0 Å². The van der Waals surface area contributed by atoms with E-state index in [0.29, 0.717) is 17.9 Å². The summed E-state index contributed by atoms with van der Waals surface area (Å²) >= 11 is 0. The van der Waals surface area contributed by atoms with Crippen molar-refractivity contribution in [2.75, 3.05) is 26.2 Å². The molecule has 0 unspecified atom stereocenters. The molecule has 21 heavy (non-hydrogen) atoms. The number of rotatable bonds is 3. The van der Waals surface area contributed by atoms with Crippen molar-refractivity contribution < 1.29 is 13.2 Å². The summed E-state index contributed by atoms with van der Waals surface area (Å²) in [6.07, 6.45) is 2.58. The first kappa shape index (κ1) is 16.4. The summed E-state index contributed by atoms with van der Waals surface area (Å²) in [5, 5.41) is 3.14. The largest absolute Gasteiger partial charge is 0.390 e. The van der Waals surface area contributed by atoms with Crippen molar-refractivity contribution in [1.82, 2.24) is 10.2 Å². The summed E-state index contributed by atoms with van der Waals surface area (Å²) in [6, 6.07) is 0. The van der Waals surface area contributed by atoms with Gasteiger partial charge in [0, 0.05) is 19.6 Å². The fourth-order valence-corrected chi connectivity index (χ4v) is 3.54. The van der Waals surface area contributed by atoms with Gasteiger partial charge in [-0.05, 0) is 31.6 Å². The van der Waals surface area contributed by atoms with Gasteiger partial charge in [0.1, 0.15) is 0 Å². The SMILES string of the molecule is CCNC(=NCCC(F)(F)F)N1CCC2(CCCCC2)C1. The number of aliphatic imine (C=N–C) groups is 1. The quantitative estimate of drug-likeness (QED) is 0.638. The van der Waals surface area contributed by atoms with Crippen molar-refractivity contribution in [3.8, 4) is 0 Å². The van der Waals surface area contributed by atoms with Crippen LogP contribution in [0, 0.1) is 5.41 Å². The third kappa shape index (κ3) is 4.78. The number of likely N-dealkylation sites (tertiary alicyclic amines) is 1. The van der Waals surface area contributed by atoms with Crippen molar-refractivity contribution in [2.45, 2.75) is 58.0 Å². The zero-order valence-electron chi connectivity index (χ0n) is 12.8. The molecule has 2 rings (SSSR count). The average molecular weight is 305 g/mol. The first-order chi connectivity index (χ1) is 9.94. The third-order valence-corrected chi connectivity index (χ3v) is 4.64. The summed E-state index contributed by atoms with van der Waals surface area (Å²) in [5.74, 6) is 0.657. The number of alkyl halides is 3. The molecule has 122 valence electrons. The maximum atomic E-state index is 12.3. The van der Waals surface area contributed by atoms with Crippen molar-refractivity contribution in [3.63, 3.8) is 0 Å². The standard InChI is InChI=1S/C15H26F3N3/c1-2-19-13(20-10-8-15(16,17)18)21-11-9-14(12-21)6-4-3-5-7-14/h2-12H2,1H3,(H,19,20). The number of guanidine groups is 1. The van der Waals surface area contributed by atoms with Gasteiger partial charge in [0.25, 0.3) is 0 Å². The minimum Gasteiger partial charge on any atom is -0.357 e. The summed E-state index contributed by atoms with van der Waals surface area (Å²) in [7, 11) is 0. The smallest absolute Gasteiger partial charge is 0.357 e. The van der Waals surface area contributed by atoms with Gasteiger partial charge >= 0.3 is 6.18 Å². The van der Waals surface area contributed by atoms with Gasteiger partial charge in [-0.15, -0.1) is 0 Å². The Morgan fingerprint density at radius 3 is 2.52 bits per heavy atom. The number of nitrogens with one attached hydrogen (secondary N) is 1. The molecule has 1 spiro atoms. The van der Waals surface area contributed by atoms with Gasteiger partial charge in [-0.1, -0.05) is 19.3 Å². The Hall–Kier alpha value is -0.940. The Balaban J connectivity index is 1.94. The second-order valence-electron chi connectivity index (χ2n) is 6.33. The van der Waals surface area contributed by atoms with Crippen molar-refractivity contribution in [2.24, 2.45) is 10.4 Å². The summed E-state index contributed by atoms with van der Waals surface area (Å²) < 4.78 is 36.8. The lowest BCUT2D eigenvalue weighted by molar-refractivity contribution is -0.132.